The van der Waals surface area contributed by atoms with E-state index in [-0.39, 0.29) is 11.6 Å². The van der Waals surface area contributed by atoms with Crippen molar-refractivity contribution < 1.29 is 4.92 Å². The van der Waals surface area contributed by atoms with Crippen LogP contribution in [0.25, 0.3) is 0 Å². The molecule has 9 heteroatoms. The zero-order valence-corrected chi connectivity index (χ0v) is 8.62. The van der Waals surface area contributed by atoms with E-state index in [4.69, 9.17) is 5.73 Å². The smallest absolute Gasteiger partial charge is 0.305 e. The van der Waals surface area contributed by atoms with E-state index in [0.717, 1.165) is 18.0 Å². The van der Waals surface area contributed by atoms with Gasteiger partial charge < -0.3 is 11.1 Å². The topological polar surface area (TPSA) is 136 Å². The van der Waals surface area contributed by atoms with Gasteiger partial charge in [0.05, 0.1) is 11.1 Å². The molecule has 0 radical (unpaired) electrons. The lowest BCUT2D eigenvalue weighted by atomic mass is 10.3. The van der Waals surface area contributed by atoms with E-state index in [0.29, 0.717) is 12.4 Å². The second kappa shape index (κ2) is 4.43. The van der Waals surface area contributed by atoms with Crippen LogP contribution in [0.1, 0.15) is 5.56 Å². The minimum absolute atomic E-state index is 0.154. The maximum atomic E-state index is 10.4. The molecule has 0 saturated heterocycles. The number of hydrogen-bond acceptors (Lipinski definition) is 7. The van der Waals surface area contributed by atoms with Gasteiger partial charge >= 0.3 is 5.69 Å². The molecule has 17 heavy (non-hydrogen) atoms. The fourth-order valence-corrected chi connectivity index (χ4v) is 1.14. The highest BCUT2D eigenvalue weighted by Gasteiger charge is 2.07. The molecule has 2 aromatic rings. The Morgan fingerprint density at radius 3 is 2.65 bits per heavy atom. The van der Waals surface area contributed by atoms with Crippen LogP contribution in [0.3, 0.4) is 0 Å². The molecule has 0 atom stereocenters. The number of nitrogens with one attached hydrogen (secondary N) is 2. The van der Waals surface area contributed by atoms with Gasteiger partial charge in [-0.3, -0.25) is 15.2 Å². The lowest BCUT2D eigenvalue weighted by Gasteiger charge is -2.02. The SMILES string of the molecule is Nc1[nH]ncc1CNc1ncc([N+](=O)[O-])cn1. The van der Waals surface area contributed by atoms with Gasteiger partial charge in [0.2, 0.25) is 5.95 Å². The van der Waals surface area contributed by atoms with Crippen molar-refractivity contribution >= 4 is 17.5 Å². The van der Waals surface area contributed by atoms with E-state index in [2.05, 4.69) is 25.5 Å². The highest BCUT2D eigenvalue weighted by atomic mass is 16.6. The number of nitrogen functional groups attached to an aromatic ring is 1. The fraction of sp³-hybridized carbons (Fsp3) is 0.125. The molecule has 4 N–H and O–H groups in total. The van der Waals surface area contributed by atoms with E-state index in [1.54, 1.807) is 6.20 Å². The monoisotopic (exact) mass is 235 g/mol. The van der Waals surface area contributed by atoms with Gasteiger partial charge in [0.25, 0.3) is 0 Å². The summed E-state index contributed by atoms with van der Waals surface area (Å²) in [7, 11) is 0. The third kappa shape index (κ3) is 2.45. The highest BCUT2D eigenvalue weighted by Crippen LogP contribution is 2.10. The molecule has 0 aliphatic rings. The molecule has 9 nitrogen and oxygen atoms in total. The Kier molecular flexibility index (Phi) is 2.81. The van der Waals surface area contributed by atoms with Crippen molar-refractivity contribution in [2.75, 3.05) is 11.1 Å². The number of nitrogens with zero attached hydrogens (tertiary/aromatic N) is 4. The van der Waals surface area contributed by atoms with Crippen LogP contribution in [0.2, 0.25) is 0 Å². The summed E-state index contributed by atoms with van der Waals surface area (Å²) in [4.78, 5) is 17.4. The number of hydrogen-bond donors (Lipinski definition) is 3. The first kappa shape index (κ1) is 10.8. The Morgan fingerprint density at radius 1 is 1.41 bits per heavy atom. The molecular formula is C8H9N7O2. The predicted octanol–water partition coefficient (Wildman–Crippen LogP) is 0.302. The minimum Gasteiger partial charge on any atom is -0.384 e. The number of nitro groups is 1. The van der Waals surface area contributed by atoms with E-state index >= 15 is 0 Å². The van der Waals surface area contributed by atoms with Gasteiger partial charge in [0.1, 0.15) is 18.2 Å². The summed E-state index contributed by atoms with van der Waals surface area (Å²) < 4.78 is 0. The van der Waals surface area contributed by atoms with Crippen LogP contribution in [-0.2, 0) is 6.54 Å². The number of nitrogens with two attached hydrogens (primary N) is 1. The van der Waals surface area contributed by atoms with Crippen LogP contribution in [0.4, 0.5) is 17.5 Å². The zero-order valence-electron chi connectivity index (χ0n) is 8.62. The quantitative estimate of drug-likeness (QED) is 0.512. The van der Waals surface area contributed by atoms with Crippen LogP contribution in [0.5, 0.6) is 0 Å². The van der Waals surface area contributed by atoms with Crippen molar-refractivity contribution in [3.05, 3.63) is 34.3 Å². The molecule has 0 bridgehead atoms. The Balaban J connectivity index is 2.00. The van der Waals surface area contributed by atoms with Crippen molar-refractivity contribution in [1.82, 2.24) is 20.2 Å². The van der Waals surface area contributed by atoms with Gasteiger partial charge in [-0.15, -0.1) is 0 Å². The Labute approximate surface area is 95.2 Å². The third-order valence-corrected chi connectivity index (χ3v) is 2.04. The molecular weight excluding hydrogens is 226 g/mol. The summed E-state index contributed by atoms with van der Waals surface area (Å²) >= 11 is 0. The van der Waals surface area contributed by atoms with Gasteiger partial charge in [0, 0.05) is 12.1 Å². The zero-order chi connectivity index (χ0) is 12.3. The summed E-state index contributed by atoms with van der Waals surface area (Å²) in [6, 6.07) is 0. The molecule has 88 valence electrons. The van der Waals surface area contributed by atoms with E-state index in [9.17, 15) is 10.1 Å². The van der Waals surface area contributed by atoms with Crippen molar-refractivity contribution in [2.24, 2.45) is 0 Å². The van der Waals surface area contributed by atoms with Crippen molar-refractivity contribution in [3.8, 4) is 0 Å². The molecule has 0 saturated carbocycles. The summed E-state index contributed by atoms with van der Waals surface area (Å²) in [5.74, 6) is 0.746. The van der Waals surface area contributed by atoms with Crippen LogP contribution >= 0.6 is 0 Å². The first-order valence-corrected chi connectivity index (χ1v) is 4.65. The van der Waals surface area contributed by atoms with Crippen molar-refractivity contribution in [1.29, 1.82) is 0 Å². The lowest BCUT2D eigenvalue weighted by Crippen LogP contribution is -2.05. The van der Waals surface area contributed by atoms with Gasteiger partial charge in [-0.1, -0.05) is 0 Å². The fourth-order valence-electron chi connectivity index (χ4n) is 1.14. The van der Waals surface area contributed by atoms with E-state index < -0.39 is 4.92 Å². The van der Waals surface area contributed by atoms with Gasteiger partial charge in [-0.25, -0.2) is 9.97 Å². The van der Waals surface area contributed by atoms with E-state index in [1.165, 1.54) is 0 Å². The maximum Gasteiger partial charge on any atom is 0.305 e. The number of anilines is 2. The maximum absolute atomic E-state index is 10.4. The molecule has 2 heterocycles. The first-order chi connectivity index (χ1) is 8.16. The molecule has 2 rings (SSSR count). The Hall–Kier alpha value is -2.71. The van der Waals surface area contributed by atoms with E-state index in [1.807, 2.05) is 0 Å². The van der Waals surface area contributed by atoms with Crippen LogP contribution < -0.4 is 11.1 Å². The number of rotatable bonds is 4. The summed E-state index contributed by atoms with van der Waals surface area (Å²) in [5, 5.41) is 19.6. The lowest BCUT2D eigenvalue weighted by molar-refractivity contribution is -0.385. The minimum atomic E-state index is -0.558. The summed E-state index contributed by atoms with van der Waals surface area (Å²) in [5.41, 5.74) is 6.20. The average Bonchev–Trinajstić information content (AvgIpc) is 2.73. The second-order valence-corrected chi connectivity index (χ2v) is 3.18. The standard InChI is InChI=1S/C8H9N7O2/c9-7-5(2-13-14-7)1-10-8-11-3-6(4-12-8)15(16)17/h2-4H,1H2,(H3,9,13,14)(H,10,11,12). The van der Waals surface area contributed by atoms with Crippen molar-refractivity contribution in [2.45, 2.75) is 6.54 Å². The van der Waals surface area contributed by atoms with Crippen LogP contribution in [0.15, 0.2) is 18.6 Å². The molecule has 0 amide bonds. The van der Waals surface area contributed by atoms with Gasteiger partial charge in [0.15, 0.2) is 0 Å². The van der Waals surface area contributed by atoms with Crippen LogP contribution in [0, 0.1) is 10.1 Å². The molecule has 0 aliphatic heterocycles. The molecule has 0 unspecified atom stereocenters. The number of aromatic nitrogens is 4. The van der Waals surface area contributed by atoms with Crippen molar-refractivity contribution in [3.63, 3.8) is 0 Å². The Bertz CT molecular complexity index is 521. The Morgan fingerprint density at radius 2 is 2.12 bits per heavy atom. The second-order valence-electron chi connectivity index (χ2n) is 3.18. The molecule has 0 spiro atoms. The van der Waals surface area contributed by atoms with Crippen LogP contribution in [-0.4, -0.2) is 25.1 Å². The summed E-state index contributed by atoms with van der Waals surface area (Å²) in [6.45, 7) is 0.389. The number of H-pyrrole nitrogens is 1. The van der Waals surface area contributed by atoms with Gasteiger partial charge in [-0.2, -0.15) is 5.10 Å². The normalized spacial score (nSPS) is 10.1. The van der Waals surface area contributed by atoms with Gasteiger partial charge in [-0.05, 0) is 0 Å². The predicted molar refractivity (Wildman–Crippen MR) is 59.0 cm³/mol. The molecule has 0 aromatic carbocycles. The summed E-state index contributed by atoms with van der Waals surface area (Å²) in [6.07, 6.45) is 3.84. The highest BCUT2D eigenvalue weighted by molar-refractivity contribution is 5.40. The molecule has 0 aliphatic carbocycles. The molecule has 0 fully saturated rings. The third-order valence-electron chi connectivity index (χ3n) is 2.04. The largest absolute Gasteiger partial charge is 0.384 e. The molecule has 2 aromatic heterocycles. The first-order valence-electron chi connectivity index (χ1n) is 4.65. The number of aromatic amines is 1. The average molecular weight is 235 g/mol.